The van der Waals surface area contributed by atoms with Gasteiger partial charge in [0.05, 0.1) is 24.4 Å². The Hall–Kier alpha value is -2.78. The zero-order valence-corrected chi connectivity index (χ0v) is 13.8. The number of carbonyl (C=O) groups is 1. The second kappa shape index (κ2) is 5.89. The second-order valence-corrected chi connectivity index (χ2v) is 5.96. The normalized spacial score (nSPS) is 18.5. The standard InChI is InChI=1S/C16H15F3N4O3/c1-2-25-15(24)10-6-11-12-8-26-13-5-9(16(17,18)19)7-20-14(13)22(12)3-4-23(11)21-10/h5-7,12H,2-4,8H2,1H3. The van der Waals surface area contributed by atoms with Crippen LogP contribution in [0.4, 0.5) is 19.0 Å². The van der Waals surface area contributed by atoms with Crippen molar-refractivity contribution in [3.05, 3.63) is 35.3 Å². The Kier molecular flexibility index (Phi) is 3.78. The van der Waals surface area contributed by atoms with Crippen molar-refractivity contribution in [2.24, 2.45) is 0 Å². The summed E-state index contributed by atoms with van der Waals surface area (Å²) in [6.45, 7) is 3.08. The largest absolute Gasteiger partial charge is 0.487 e. The molecule has 7 nitrogen and oxygen atoms in total. The van der Waals surface area contributed by atoms with Crippen molar-refractivity contribution < 1.29 is 27.4 Å². The molecule has 0 radical (unpaired) electrons. The molecule has 4 heterocycles. The van der Waals surface area contributed by atoms with Crippen molar-refractivity contribution >= 4 is 11.8 Å². The Morgan fingerprint density at radius 2 is 2.19 bits per heavy atom. The van der Waals surface area contributed by atoms with Crippen molar-refractivity contribution in [2.45, 2.75) is 25.7 Å². The Morgan fingerprint density at radius 3 is 2.92 bits per heavy atom. The third kappa shape index (κ3) is 2.65. The van der Waals surface area contributed by atoms with Crippen molar-refractivity contribution in [3.63, 3.8) is 0 Å². The number of nitrogens with zero attached hydrogens (tertiary/aromatic N) is 4. The van der Waals surface area contributed by atoms with E-state index >= 15 is 0 Å². The average molecular weight is 368 g/mol. The highest BCUT2D eigenvalue weighted by Crippen LogP contribution is 2.42. The van der Waals surface area contributed by atoms with Crippen LogP contribution in [0, 0.1) is 0 Å². The molecule has 26 heavy (non-hydrogen) atoms. The molecule has 0 amide bonds. The fraction of sp³-hybridized carbons (Fsp3) is 0.438. The van der Waals surface area contributed by atoms with E-state index in [9.17, 15) is 18.0 Å². The Balaban J connectivity index is 1.66. The maximum atomic E-state index is 12.9. The number of halogens is 3. The smallest absolute Gasteiger partial charge is 0.418 e. The molecule has 0 N–H and O–H groups in total. The van der Waals surface area contributed by atoms with Gasteiger partial charge in [0.15, 0.2) is 17.3 Å². The maximum absolute atomic E-state index is 12.9. The molecule has 138 valence electrons. The minimum Gasteiger partial charge on any atom is -0.487 e. The monoisotopic (exact) mass is 368 g/mol. The molecule has 2 aromatic heterocycles. The SMILES string of the molecule is CCOC(=O)c1cc2n(n1)CCN1c3ncc(C(F)(F)F)cc3OCC21. The topological polar surface area (TPSA) is 69.5 Å². The summed E-state index contributed by atoms with van der Waals surface area (Å²) in [5, 5.41) is 4.25. The highest BCUT2D eigenvalue weighted by atomic mass is 19.4. The lowest BCUT2D eigenvalue weighted by atomic mass is 10.1. The van der Waals surface area contributed by atoms with Gasteiger partial charge >= 0.3 is 12.1 Å². The summed E-state index contributed by atoms with van der Waals surface area (Å²) in [7, 11) is 0. The van der Waals surface area contributed by atoms with Gasteiger partial charge in [-0.3, -0.25) is 4.68 Å². The van der Waals surface area contributed by atoms with Gasteiger partial charge in [-0.25, -0.2) is 9.78 Å². The van der Waals surface area contributed by atoms with E-state index < -0.39 is 17.7 Å². The average Bonchev–Trinajstić information content (AvgIpc) is 3.05. The van der Waals surface area contributed by atoms with Crippen molar-refractivity contribution in [2.75, 3.05) is 24.7 Å². The molecule has 2 aliphatic heterocycles. The lowest BCUT2D eigenvalue weighted by Crippen LogP contribution is -2.44. The maximum Gasteiger partial charge on any atom is 0.418 e. The highest BCUT2D eigenvalue weighted by molar-refractivity contribution is 5.87. The molecular weight excluding hydrogens is 353 g/mol. The van der Waals surface area contributed by atoms with E-state index in [1.54, 1.807) is 17.7 Å². The molecule has 10 heteroatoms. The first-order valence-corrected chi connectivity index (χ1v) is 8.10. The van der Waals surface area contributed by atoms with Gasteiger partial charge in [0.25, 0.3) is 0 Å². The summed E-state index contributed by atoms with van der Waals surface area (Å²) in [4.78, 5) is 17.7. The minimum atomic E-state index is -4.47. The Bertz CT molecular complexity index is 865. The zero-order valence-electron chi connectivity index (χ0n) is 13.8. The van der Waals surface area contributed by atoms with E-state index in [2.05, 4.69) is 10.1 Å². The van der Waals surface area contributed by atoms with Crippen LogP contribution < -0.4 is 9.64 Å². The molecule has 2 aromatic rings. The molecule has 0 spiro atoms. The van der Waals surface area contributed by atoms with Crippen LogP contribution in [0.2, 0.25) is 0 Å². The summed E-state index contributed by atoms with van der Waals surface area (Å²) in [5.74, 6) is -0.0416. The first-order chi connectivity index (χ1) is 12.4. The van der Waals surface area contributed by atoms with Gasteiger partial charge in [0, 0.05) is 12.7 Å². The van der Waals surface area contributed by atoms with E-state index in [-0.39, 0.29) is 30.7 Å². The summed E-state index contributed by atoms with van der Waals surface area (Å²) >= 11 is 0. The lowest BCUT2D eigenvalue weighted by molar-refractivity contribution is -0.138. The molecular formula is C16H15F3N4O3. The Labute approximate surface area is 146 Å². The summed E-state index contributed by atoms with van der Waals surface area (Å²) < 4.78 is 50.8. The van der Waals surface area contributed by atoms with Crippen LogP contribution in [0.5, 0.6) is 5.75 Å². The predicted octanol–water partition coefficient (Wildman–Crippen LogP) is 2.43. The van der Waals surface area contributed by atoms with Crippen LogP contribution in [-0.4, -0.2) is 40.5 Å². The number of alkyl halides is 3. The van der Waals surface area contributed by atoms with E-state index in [1.807, 2.05) is 4.90 Å². The molecule has 4 rings (SSSR count). The quantitative estimate of drug-likeness (QED) is 0.759. The number of aromatic nitrogens is 3. The first kappa shape index (κ1) is 16.7. The lowest BCUT2D eigenvalue weighted by Gasteiger charge is -2.40. The predicted molar refractivity (Wildman–Crippen MR) is 83.0 cm³/mol. The van der Waals surface area contributed by atoms with Gasteiger partial charge in [0.2, 0.25) is 0 Å². The minimum absolute atomic E-state index is 0.106. The number of rotatable bonds is 2. The number of pyridine rings is 1. The zero-order chi connectivity index (χ0) is 18.5. The molecule has 0 saturated heterocycles. The van der Waals surface area contributed by atoms with E-state index in [0.29, 0.717) is 18.9 Å². The number of fused-ring (bicyclic) bond motifs is 5. The van der Waals surface area contributed by atoms with Gasteiger partial charge in [-0.1, -0.05) is 0 Å². The van der Waals surface area contributed by atoms with Crippen LogP contribution >= 0.6 is 0 Å². The van der Waals surface area contributed by atoms with Gasteiger partial charge in [0.1, 0.15) is 12.6 Å². The van der Waals surface area contributed by atoms with Crippen LogP contribution in [0.15, 0.2) is 18.3 Å². The summed E-state index contributed by atoms with van der Waals surface area (Å²) in [5.41, 5.74) is 0.0999. The molecule has 0 saturated carbocycles. The van der Waals surface area contributed by atoms with Gasteiger partial charge in [-0.15, -0.1) is 0 Å². The number of hydrogen-bond acceptors (Lipinski definition) is 6. The van der Waals surface area contributed by atoms with Crippen LogP contribution in [0.3, 0.4) is 0 Å². The molecule has 0 aromatic carbocycles. The fourth-order valence-corrected chi connectivity index (χ4v) is 3.21. The summed E-state index contributed by atoms with van der Waals surface area (Å²) in [6.07, 6.45) is -3.67. The molecule has 1 atom stereocenters. The first-order valence-electron chi connectivity index (χ1n) is 8.10. The number of ether oxygens (including phenoxy) is 2. The molecule has 0 fully saturated rings. The molecule has 2 aliphatic rings. The molecule has 0 bridgehead atoms. The number of carbonyl (C=O) groups excluding carboxylic acids is 1. The highest BCUT2D eigenvalue weighted by Gasteiger charge is 2.38. The van der Waals surface area contributed by atoms with E-state index in [0.717, 1.165) is 18.0 Å². The fourth-order valence-electron chi connectivity index (χ4n) is 3.21. The van der Waals surface area contributed by atoms with Crippen LogP contribution in [0.25, 0.3) is 0 Å². The third-order valence-corrected chi connectivity index (χ3v) is 4.39. The summed E-state index contributed by atoms with van der Waals surface area (Å²) in [6, 6.07) is 2.32. The number of esters is 1. The number of anilines is 1. The van der Waals surface area contributed by atoms with E-state index in [4.69, 9.17) is 9.47 Å². The third-order valence-electron chi connectivity index (χ3n) is 4.39. The molecule has 0 aliphatic carbocycles. The number of hydrogen-bond donors (Lipinski definition) is 0. The van der Waals surface area contributed by atoms with Crippen molar-refractivity contribution in [1.29, 1.82) is 0 Å². The van der Waals surface area contributed by atoms with Crippen LogP contribution in [0.1, 0.15) is 34.7 Å². The van der Waals surface area contributed by atoms with Crippen LogP contribution in [-0.2, 0) is 17.5 Å². The van der Waals surface area contributed by atoms with Gasteiger partial charge < -0.3 is 14.4 Å². The Morgan fingerprint density at radius 1 is 1.38 bits per heavy atom. The van der Waals surface area contributed by atoms with Gasteiger partial charge in [-0.2, -0.15) is 18.3 Å². The van der Waals surface area contributed by atoms with E-state index in [1.165, 1.54) is 0 Å². The second-order valence-electron chi connectivity index (χ2n) is 5.96. The van der Waals surface area contributed by atoms with Crippen molar-refractivity contribution in [3.8, 4) is 5.75 Å². The van der Waals surface area contributed by atoms with Crippen molar-refractivity contribution in [1.82, 2.24) is 14.8 Å². The molecule has 1 unspecified atom stereocenters. The van der Waals surface area contributed by atoms with Gasteiger partial charge in [-0.05, 0) is 19.1 Å².